The van der Waals surface area contributed by atoms with Crippen LogP contribution in [0.15, 0.2) is 60.9 Å². The van der Waals surface area contributed by atoms with Gasteiger partial charge in [-0.1, -0.05) is 29.3 Å². The number of carbonyl (C=O) groups excluding carboxylic acids is 1. The van der Waals surface area contributed by atoms with Crippen LogP contribution >= 0.6 is 23.2 Å². The molecule has 0 saturated heterocycles. The number of aromatic nitrogens is 3. The summed E-state index contributed by atoms with van der Waals surface area (Å²) in [6, 6.07) is 12.9. The van der Waals surface area contributed by atoms with E-state index in [0.29, 0.717) is 33.6 Å². The smallest absolute Gasteiger partial charge is 0.270 e. The zero-order valence-corrected chi connectivity index (χ0v) is 20.0. The van der Waals surface area contributed by atoms with Crippen molar-refractivity contribution in [3.63, 3.8) is 0 Å². The van der Waals surface area contributed by atoms with E-state index in [1.807, 2.05) is 23.8 Å². The van der Waals surface area contributed by atoms with E-state index >= 15 is 0 Å². The molecule has 4 rings (SSSR count). The number of nitrogens with zero attached hydrogens (tertiary/aromatic N) is 3. The summed E-state index contributed by atoms with van der Waals surface area (Å²) in [5, 5.41) is 3.72. The Hall–Kier alpha value is -3.42. The SMILES string of the molecule is COc1cc(F)ccc1-c1cc(Cn2ccnc2C)cc(C(=O)NCc2ccc(Cl)c(Cl)c2)n1. The van der Waals surface area contributed by atoms with Crippen molar-refractivity contribution < 1.29 is 13.9 Å². The summed E-state index contributed by atoms with van der Waals surface area (Å²) in [6.45, 7) is 2.63. The fraction of sp³-hybridized carbons (Fsp3) is 0.160. The van der Waals surface area contributed by atoms with Crippen LogP contribution in [0, 0.1) is 12.7 Å². The highest BCUT2D eigenvalue weighted by atomic mass is 35.5. The molecule has 9 heteroatoms. The van der Waals surface area contributed by atoms with E-state index in [1.54, 1.807) is 36.5 Å². The summed E-state index contributed by atoms with van der Waals surface area (Å²) >= 11 is 12.0. The first-order valence-electron chi connectivity index (χ1n) is 10.4. The minimum absolute atomic E-state index is 0.219. The van der Waals surface area contributed by atoms with E-state index < -0.39 is 5.82 Å². The first kappa shape index (κ1) is 23.7. The van der Waals surface area contributed by atoms with Crippen LogP contribution in [0.2, 0.25) is 10.0 Å². The number of aryl methyl sites for hydroxylation is 1. The maximum absolute atomic E-state index is 13.8. The van der Waals surface area contributed by atoms with Crippen LogP contribution in [0.25, 0.3) is 11.3 Å². The summed E-state index contributed by atoms with van der Waals surface area (Å²) in [4.78, 5) is 21.8. The average molecular weight is 499 g/mol. The van der Waals surface area contributed by atoms with E-state index in [1.165, 1.54) is 19.2 Å². The third-order valence-corrected chi connectivity index (χ3v) is 6.01. The van der Waals surface area contributed by atoms with E-state index in [9.17, 15) is 9.18 Å². The van der Waals surface area contributed by atoms with Crippen molar-refractivity contribution in [1.29, 1.82) is 0 Å². The number of pyridine rings is 1. The molecule has 4 aromatic rings. The predicted molar refractivity (Wildman–Crippen MR) is 130 cm³/mol. The largest absolute Gasteiger partial charge is 0.496 e. The number of nitrogens with one attached hydrogen (secondary N) is 1. The molecule has 0 aliphatic carbocycles. The topological polar surface area (TPSA) is 69.0 Å². The number of hydrogen-bond donors (Lipinski definition) is 1. The molecule has 6 nitrogen and oxygen atoms in total. The van der Waals surface area contributed by atoms with Gasteiger partial charge in [0.15, 0.2) is 0 Å². The van der Waals surface area contributed by atoms with Gasteiger partial charge in [0, 0.05) is 37.1 Å². The number of methoxy groups -OCH3 is 1. The van der Waals surface area contributed by atoms with Crippen molar-refractivity contribution in [1.82, 2.24) is 19.9 Å². The van der Waals surface area contributed by atoms with E-state index in [-0.39, 0.29) is 18.1 Å². The van der Waals surface area contributed by atoms with Gasteiger partial charge in [0.05, 0.1) is 22.8 Å². The molecule has 0 aliphatic rings. The fourth-order valence-corrected chi connectivity index (χ4v) is 3.82. The molecule has 0 spiro atoms. The molecule has 34 heavy (non-hydrogen) atoms. The number of benzene rings is 2. The second-order valence-corrected chi connectivity index (χ2v) is 8.44. The molecular formula is C25H21Cl2FN4O2. The zero-order chi connectivity index (χ0) is 24.2. The van der Waals surface area contributed by atoms with Gasteiger partial charge in [0.1, 0.15) is 23.1 Å². The van der Waals surface area contributed by atoms with Crippen molar-refractivity contribution in [2.75, 3.05) is 7.11 Å². The summed E-state index contributed by atoms with van der Waals surface area (Å²) in [7, 11) is 1.46. The molecule has 1 N–H and O–H groups in total. The Labute approximate surface area is 206 Å². The Morgan fingerprint density at radius 1 is 1.09 bits per heavy atom. The minimum Gasteiger partial charge on any atom is -0.496 e. The van der Waals surface area contributed by atoms with Gasteiger partial charge >= 0.3 is 0 Å². The number of amides is 1. The quantitative estimate of drug-likeness (QED) is 0.355. The second-order valence-electron chi connectivity index (χ2n) is 7.62. The van der Waals surface area contributed by atoms with Crippen molar-refractivity contribution in [3.05, 3.63) is 99.4 Å². The lowest BCUT2D eigenvalue weighted by Gasteiger charge is -2.13. The molecule has 0 saturated carbocycles. The summed E-state index contributed by atoms with van der Waals surface area (Å²) in [6.07, 6.45) is 3.57. The molecule has 2 aromatic heterocycles. The molecule has 0 bridgehead atoms. The summed E-state index contributed by atoms with van der Waals surface area (Å²) < 4.78 is 21.1. The van der Waals surface area contributed by atoms with Gasteiger partial charge in [0.2, 0.25) is 0 Å². The number of hydrogen-bond acceptors (Lipinski definition) is 4. The number of rotatable bonds is 7. The lowest BCUT2D eigenvalue weighted by atomic mass is 10.1. The van der Waals surface area contributed by atoms with Crippen molar-refractivity contribution >= 4 is 29.1 Å². The zero-order valence-electron chi connectivity index (χ0n) is 18.5. The standard InChI is InChI=1S/C25H21Cl2FN4O2/c1-15-29-7-8-32(15)14-17-10-22(19-5-4-18(28)12-24(19)34-2)31-23(11-17)25(33)30-13-16-3-6-20(26)21(27)9-16/h3-12H,13-14H2,1-2H3,(H,30,33). The van der Waals surface area contributed by atoms with Gasteiger partial charge in [-0.25, -0.2) is 14.4 Å². The maximum atomic E-state index is 13.8. The van der Waals surface area contributed by atoms with Crippen LogP contribution in [0.4, 0.5) is 4.39 Å². The highest BCUT2D eigenvalue weighted by Crippen LogP contribution is 2.30. The number of imidazole rings is 1. The Bertz CT molecular complexity index is 1360. The molecule has 1 amide bonds. The Morgan fingerprint density at radius 3 is 2.62 bits per heavy atom. The number of halogens is 3. The van der Waals surface area contributed by atoms with Gasteiger partial charge in [-0.3, -0.25) is 4.79 Å². The Kier molecular flexibility index (Phi) is 7.14. The molecule has 174 valence electrons. The van der Waals surface area contributed by atoms with E-state index in [2.05, 4.69) is 15.3 Å². The molecular weight excluding hydrogens is 478 g/mol. The Balaban J connectivity index is 1.68. The van der Waals surface area contributed by atoms with Crippen LogP contribution in [0.5, 0.6) is 5.75 Å². The van der Waals surface area contributed by atoms with Crippen LogP contribution < -0.4 is 10.1 Å². The first-order valence-corrected chi connectivity index (χ1v) is 11.1. The lowest BCUT2D eigenvalue weighted by molar-refractivity contribution is 0.0946. The van der Waals surface area contributed by atoms with Crippen molar-refractivity contribution in [2.45, 2.75) is 20.0 Å². The van der Waals surface area contributed by atoms with Crippen LogP contribution in [-0.2, 0) is 13.1 Å². The Morgan fingerprint density at radius 2 is 1.91 bits per heavy atom. The average Bonchev–Trinajstić information content (AvgIpc) is 3.23. The minimum atomic E-state index is -0.426. The normalized spacial score (nSPS) is 10.9. The first-order chi connectivity index (χ1) is 16.3. The maximum Gasteiger partial charge on any atom is 0.270 e. The van der Waals surface area contributed by atoms with Gasteiger partial charge < -0.3 is 14.6 Å². The van der Waals surface area contributed by atoms with Crippen LogP contribution in [0.1, 0.15) is 27.4 Å². The van der Waals surface area contributed by atoms with E-state index in [0.717, 1.165) is 17.0 Å². The number of ether oxygens (including phenoxy) is 1. The van der Waals surface area contributed by atoms with Crippen LogP contribution in [-0.4, -0.2) is 27.6 Å². The van der Waals surface area contributed by atoms with Crippen LogP contribution in [0.3, 0.4) is 0 Å². The molecule has 0 unspecified atom stereocenters. The second kappa shape index (κ2) is 10.2. The predicted octanol–water partition coefficient (Wildman–Crippen LogP) is 5.69. The highest BCUT2D eigenvalue weighted by Gasteiger charge is 2.16. The lowest BCUT2D eigenvalue weighted by Crippen LogP contribution is -2.24. The highest BCUT2D eigenvalue weighted by molar-refractivity contribution is 6.42. The van der Waals surface area contributed by atoms with Gasteiger partial charge in [0.25, 0.3) is 5.91 Å². The van der Waals surface area contributed by atoms with Crippen molar-refractivity contribution in [3.8, 4) is 17.0 Å². The van der Waals surface area contributed by atoms with Gasteiger partial charge in [-0.15, -0.1) is 0 Å². The molecule has 0 atom stereocenters. The summed E-state index contributed by atoms with van der Waals surface area (Å²) in [5.74, 6) is 0.372. The fourth-order valence-electron chi connectivity index (χ4n) is 3.50. The number of carbonyl (C=O) groups is 1. The van der Waals surface area contributed by atoms with Gasteiger partial charge in [-0.2, -0.15) is 0 Å². The molecule has 2 aromatic carbocycles. The third kappa shape index (κ3) is 5.38. The monoisotopic (exact) mass is 498 g/mol. The molecule has 2 heterocycles. The van der Waals surface area contributed by atoms with Crippen molar-refractivity contribution in [2.24, 2.45) is 0 Å². The summed E-state index contributed by atoms with van der Waals surface area (Å²) in [5.41, 5.74) is 2.92. The molecule has 0 radical (unpaired) electrons. The van der Waals surface area contributed by atoms with Gasteiger partial charge in [-0.05, 0) is 54.4 Å². The molecule has 0 fully saturated rings. The molecule has 0 aliphatic heterocycles. The van der Waals surface area contributed by atoms with E-state index in [4.69, 9.17) is 27.9 Å². The third-order valence-electron chi connectivity index (χ3n) is 5.27.